The first-order chi connectivity index (χ1) is 5.29. The van der Waals surface area contributed by atoms with Crippen molar-refractivity contribution >= 4 is 24.9 Å². The summed E-state index contributed by atoms with van der Waals surface area (Å²) in [4.78, 5) is 0. The van der Waals surface area contributed by atoms with Crippen LogP contribution in [0.3, 0.4) is 0 Å². The molecule has 0 bridgehead atoms. The number of benzene rings is 1. The Morgan fingerprint density at radius 2 is 1.75 bits per heavy atom. The molecule has 0 N–H and O–H groups in total. The molecule has 2 rings (SSSR count). The normalized spacial score (nSPS) is 12.5. The molecular weight excluding hydrogens is 139 g/mol. The number of hydrogen-bond acceptors (Lipinski definition) is 0. The van der Waals surface area contributed by atoms with Gasteiger partial charge in [0, 0.05) is 18.9 Å². The smallest absolute Gasteiger partial charge is 0 e. The first-order valence-corrected chi connectivity index (χ1v) is 4.04. The zero-order valence-electron chi connectivity index (χ0n) is 8.02. The summed E-state index contributed by atoms with van der Waals surface area (Å²) in [6.45, 7) is 4.36. The molecule has 12 heavy (non-hydrogen) atoms. The van der Waals surface area contributed by atoms with E-state index >= 15 is 0 Å². The van der Waals surface area contributed by atoms with E-state index in [-0.39, 0.29) is 18.9 Å². The molecule has 1 aliphatic rings. The summed E-state index contributed by atoms with van der Waals surface area (Å²) in [5, 5.41) is 0. The largest absolute Gasteiger partial charge is 0.0795 e. The fourth-order valence-electron chi connectivity index (χ4n) is 1.69. The van der Waals surface area contributed by atoms with E-state index < -0.39 is 0 Å². The second-order valence-electron chi connectivity index (χ2n) is 3.20. The maximum Gasteiger partial charge on any atom is 0 e. The van der Waals surface area contributed by atoms with Gasteiger partial charge in [-0.15, -0.1) is 0 Å². The van der Waals surface area contributed by atoms with Gasteiger partial charge in [-0.05, 0) is 42.5 Å². The monoisotopic (exact) mass is 151 g/mol. The Labute approximate surface area is 85.9 Å². The first kappa shape index (κ1) is 9.64. The molecule has 0 aliphatic heterocycles. The standard InChI is InChI=1S/C11H12.Li/c1-8-6-7-9(2)11-5-3-4-10(8)11;/h3-4,6-7H,5H2,1-2H3;. The minimum atomic E-state index is 0. The average Bonchev–Trinajstić information content (AvgIpc) is 2.45. The van der Waals surface area contributed by atoms with E-state index in [4.69, 9.17) is 0 Å². The molecule has 1 radical (unpaired) electrons. The fraction of sp³-hybridized carbons (Fsp3) is 0.273. The maximum atomic E-state index is 2.24. The van der Waals surface area contributed by atoms with Gasteiger partial charge in [0.05, 0.1) is 0 Å². The maximum absolute atomic E-state index is 2.24. The first-order valence-electron chi connectivity index (χ1n) is 4.04. The zero-order chi connectivity index (χ0) is 7.84. The summed E-state index contributed by atoms with van der Waals surface area (Å²) in [6.07, 6.45) is 5.60. The Balaban J connectivity index is 0.000000720. The van der Waals surface area contributed by atoms with E-state index in [0.717, 1.165) is 6.42 Å². The van der Waals surface area contributed by atoms with Gasteiger partial charge in [-0.3, -0.25) is 0 Å². The van der Waals surface area contributed by atoms with Crippen molar-refractivity contribution in [3.63, 3.8) is 0 Å². The van der Waals surface area contributed by atoms with Crippen molar-refractivity contribution in [2.75, 3.05) is 0 Å². The molecule has 0 nitrogen and oxygen atoms in total. The van der Waals surface area contributed by atoms with Crippen molar-refractivity contribution in [2.45, 2.75) is 20.3 Å². The van der Waals surface area contributed by atoms with Gasteiger partial charge < -0.3 is 0 Å². The van der Waals surface area contributed by atoms with Crippen molar-refractivity contribution in [2.24, 2.45) is 0 Å². The Morgan fingerprint density at radius 1 is 1.08 bits per heavy atom. The van der Waals surface area contributed by atoms with Crippen LogP contribution in [-0.2, 0) is 6.42 Å². The second-order valence-corrected chi connectivity index (χ2v) is 3.20. The molecule has 57 valence electrons. The van der Waals surface area contributed by atoms with E-state index in [2.05, 4.69) is 38.1 Å². The molecule has 0 atom stereocenters. The Bertz CT molecular complexity index is 324. The molecule has 0 spiro atoms. The summed E-state index contributed by atoms with van der Waals surface area (Å²) in [5.74, 6) is 0. The van der Waals surface area contributed by atoms with Crippen molar-refractivity contribution in [3.8, 4) is 0 Å². The summed E-state index contributed by atoms with van der Waals surface area (Å²) >= 11 is 0. The molecule has 0 aromatic heterocycles. The number of fused-ring (bicyclic) bond motifs is 1. The van der Waals surface area contributed by atoms with E-state index in [9.17, 15) is 0 Å². The molecule has 0 saturated heterocycles. The fourth-order valence-corrected chi connectivity index (χ4v) is 1.69. The number of aryl methyl sites for hydroxylation is 2. The molecule has 1 heteroatoms. The Kier molecular flexibility index (Phi) is 2.83. The third-order valence-corrected chi connectivity index (χ3v) is 2.42. The van der Waals surface area contributed by atoms with E-state index in [1.807, 2.05) is 0 Å². The van der Waals surface area contributed by atoms with Crippen LogP contribution < -0.4 is 0 Å². The molecule has 0 amide bonds. The van der Waals surface area contributed by atoms with Gasteiger partial charge in [0.25, 0.3) is 0 Å². The zero-order valence-corrected chi connectivity index (χ0v) is 8.02. The van der Waals surface area contributed by atoms with E-state index in [1.54, 1.807) is 0 Å². The molecule has 0 saturated carbocycles. The van der Waals surface area contributed by atoms with E-state index in [1.165, 1.54) is 22.3 Å². The third-order valence-electron chi connectivity index (χ3n) is 2.42. The summed E-state index contributed by atoms with van der Waals surface area (Å²) in [7, 11) is 0. The van der Waals surface area contributed by atoms with Crippen LogP contribution in [0.15, 0.2) is 18.2 Å². The van der Waals surface area contributed by atoms with Crippen LogP contribution in [0, 0.1) is 13.8 Å². The average molecular weight is 151 g/mol. The molecule has 1 aromatic carbocycles. The molecule has 0 heterocycles. The van der Waals surface area contributed by atoms with Gasteiger partial charge in [-0.2, -0.15) is 0 Å². The van der Waals surface area contributed by atoms with E-state index in [0.29, 0.717) is 0 Å². The van der Waals surface area contributed by atoms with Gasteiger partial charge in [0.15, 0.2) is 0 Å². The van der Waals surface area contributed by atoms with Gasteiger partial charge in [-0.25, -0.2) is 0 Å². The summed E-state index contributed by atoms with van der Waals surface area (Å²) < 4.78 is 0. The summed E-state index contributed by atoms with van der Waals surface area (Å²) in [5.41, 5.74) is 5.80. The van der Waals surface area contributed by atoms with Crippen molar-refractivity contribution in [1.82, 2.24) is 0 Å². The van der Waals surface area contributed by atoms with Crippen LogP contribution >= 0.6 is 0 Å². The third kappa shape index (κ3) is 1.38. The summed E-state index contributed by atoms with van der Waals surface area (Å²) in [6, 6.07) is 4.41. The molecule has 1 aliphatic carbocycles. The van der Waals surface area contributed by atoms with Gasteiger partial charge in [0.2, 0.25) is 0 Å². The van der Waals surface area contributed by atoms with Crippen LogP contribution in [0.2, 0.25) is 0 Å². The number of allylic oxidation sites excluding steroid dienone is 1. The van der Waals surface area contributed by atoms with Crippen molar-refractivity contribution in [3.05, 3.63) is 40.5 Å². The van der Waals surface area contributed by atoms with Gasteiger partial charge in [-0.1, -0.05) is 24.3 Å². The predicted molar refractivity (Wildman–Crippen MR) is 54.4 cm³/mol. The van der Waals surface area contributed by atoms with Crippen LogP contribution in [-0.4, -0.2) is 18.9 Å². The Morgan fingerprint density at radius 3 is 2.42 bits per heavy atom. The van der Waals surface area contributed by atoms with Crippen molar-refractivity contribution < 1.29 is 0 Å². The topological polar surface area (TPSA) is 0 Å². The number of rotatable bonds is 0. The van der Waals surface area contributed by atoms with Crippen LogP contribution in [0.1, 0.15) is 22.3 Å². The molecule has 1 aromatic rings. The SMILES string of the molecule is Cc1ccc(C)c2c1C=CC2.[Li]. The quantitative estimate of drug-likeness (QED) is 0.500. The Hall–Kier alpha value is -0.443. The molecular formula is C11H12Li. The van der Waals surface area contributed by atoms with Crippen LogP contribution in [0.25, 0.3) is 6.08 Å². The number of hydrogen-bond donors (Lipinski definition) is 0. The van der Waals surface area contributed by atoms with Gasteiger partial charge >= 0.3 is 0 Å². The molecule has 0 fully saturated rings. The van der Waals surface area contributed by atoms with Gasteiger partial charge in [0.1, 0.15) is 0 Å². The van der Waals surface area contributed by atoms with Crippen LogP contribution in [0.5, 0.6) is 0 Å². The van der Waals surface area contributed by atoms with Crippen LogP contribution in [0.4, 0.5) is 0 Å². The molecule has 0 unspecified atom stereocenters. The second kappa shape index (κ2) is 3.52. The minimum absolute atomic E-state index is 0. The predicted octanol–water partition coefficient (Wildman–Crippen LogP) is 2.49. The van der Waals surface area contributed by atoms with Crippen molar-refractivity contribution in [1.29, 1.82) is 0 Å². The minimum Gasteiger partial charge on any atom is -0.0795 e.